The van der Waals surface area contributed by atoms with Crippen molar-refractivity contribution in [1.29, 1.82) is 0 Å². The highest BCUT2D eigenvalue weighted by atomic mass is 79.9. The number of carbonyl (C=O) groups is 1. The molecule has 0 saturated carbocycles. The Hall–Kier alpha value is -2.80. The molecule has 0 spiro atoms. The van der Waals surface area contributed by atoms with Crippen LogP contribution in [0.15, 0.2) is 59.2 Å². The van der Waals surface area contributed by atoms with Gasteiger partial charge in [0.05, 0.1) is 17.3 Å². The molecule has 166 valence electrons. The lowest BCUT2D eigenvalue weighted by molar-refractivity contribution is 0.0694. The minimum atomic E-state index is -1.05. The van der Waals surface area contributed by atoms with Gasteiger partial charge in [0, 0.05) is 17.2 Å². The standard InChI is InChI=1S/C25H25BrFN3O2/c26-21-10-4-3-9-19(21)23-11-2-1-5-14-30(23)25-28-16-20(24(31)32)22(29-25)13-12-17-7-6-8-18(27)15-17/h3-4,6-10,15-16,23H,1-2,5,11-14H2,(H,31,32). The summed E-state index contributed by atoms with van der Waals surface area (Å²) in [5.74, 6) is -0.805. The van der Waals surface area contributed by atoms with Crippen molar-refractivity contribution in [3.05, 3.63) is 87.4 Å². The van der Waals surface area contributed by atoms with Crippen molar-refractivity contribution in [2.45, 2.75) is 44.6 Å². The van der Waals surface area contributed by atoms with E-state index in [1.165, 1.54) is 23.9 Å². The average molecular weight is 498 g/mol. The Morgan fingerprint density at radius 3 is 2.75 bits per heavy atom. The number of aromatic carboxylic acids is 1. The van der Waals surface area contributed by atoms with E-state index in [9.17, 15) is 14.3 Å². The van der Waals surface area contributed by atoms with Crippen molar-refractivity contribution in [1.82, 2.24) is 9.97 Å². The van der Waals surface area contributed by atoms with Gasteiger partial charge in [0.15, 0.2) is 0 Å². The van der Waals surface area contributed by atoms with Crippen LogP contribution in [0.5, 0.6) is 0 Å². The summed E-state index contributed by atoms with van der Waals surface area (Å²) in [6.45, 7) is 0.807. The Kier molecular flexibility index (Phi) is 7.15. The predicted molar refractivity (Wildman–Crippen MR) is 125 cm³/mol. The summed E-state index contributed by atoms with van der Waals surface area (Å²) >= 11 is 3.68. The molecule has 2 heterocycles. The second-order valence-corrected chi connectivity index (χ2v) is 8.90. The largest absolute Gasteiger partial charge is 0.478 e. The first-order valence-corrected chi connectivity index (χ1v) is 11.7. The van der Waals surface area contributed by atoms with Gasteiger partial charge in [-0.3, -0.25) is 0 Å². The molecule has 0 radical (unpaired) electrons. The number of anilines is 1. The fourth-order valence-corrected chi connectivity index (χ4v) is 4.83. The Balaban J connectivity index is 1.67. The van der Waals surface area contributed by atoms with E-state index in [1.807, 2.05) is 24.3 Å². The molecule has 1 saturated heterocycles. The van der Waals surface area contributed by atoms with Gasteiger partial charge < -0.3 is 10.0 Å². The van der Waals surface area contributed by atoms with Gasteiger partial charge in [-0.1, -0.05) is 59.1 Å². The second kappa shape index (κ2) is 10.2. The Morgan fingerprint density at radius 1 is 1.12 bits per heavy atom. The number of nitrogens with zero attached hydrogens (tertiary/aromatic N) is 3. The van der Waals surface area contributed by atoms with Crippen molar-refractivity contribution >= 4 is 27.8 Å². The molecule has 1 aliphatic rings. The third-order valence-electron chi connectivity index (χ3n) is 5.90. The van der Waals surface area contributed by atoms with Crippen molar-refractivity contribution in [2.75, 3.05) is 11.4 Å². The lowest BCUT2D eigenvalue weighted by atomic mass is 10.0. The number of carboxylic acid groups (broad SMARTS) is 1. The normalized spacial score (nSPS) is 16.6. The Morgan fingerprint density at radius 2 is 1.97 bits per heavy atom. The van der Waals surface area contributed by atoms with E-state index < -0.39 is 5.97 Å². The highest BCUT2D eigenvalue weighted by molar-refractivity contribution is 9.10. The molecule has 7 heteroatoms. The molecule has 1 N–H and O–H groups in total. The van der Waals surface area contributed by atoms with Crippen LogP contribution in [0.25, 0.3) is 0 Å². The van der Waals surface area contributed by atoms with Crippen LogP contribution in [0.4, 0.5) is 10.3 Å². The molecule has 5 nitrogen and oxygen atoms in total. The van der Waals surface area contributed by atoms with E-state index in [0.29, 0.717) is 24.5 Å². The van der Waals surface area contributed by atoms with Crippen LogP contribution in [-0.4, -0.2) is 27.6 Å². The van der Waals surface area contributed by atoms with Gasteiger partial charge in [0.1, 0.15) is 5.82 Å². The van der Waals surface area contributed by atoms with E-state index in [4.69, 9.17) is 4.98 Å². The van der Waals surface area contributed by atoms with Crippen molar-refractivity contribution < 1.29 is 14.3 Å². The molecule has 1 atom stereocenters. The topological polar surface area (TPSA) is 66.3 Å². The van der Waals surface area contributed by atoms with Crippen molar-refractivity contribution in [3.63, 3.8) is 0 Å². The molecule has 1 aromatic heterocycles. The molecule has 1 unspecified atom stereocenters. The predicted octanol–water partition coefficient (Wildman–Crippen LogP) is 5.98. The zero-order chi connectivity index (χ0) is 22.5. The summed E-state index contributed by atoms with van der Waals surface area (Å²) in [7, 11) is 0. The van der Waals surface area contributed by atoms with Gasteiger partial charge in [-0.25, -0.2) is 19.2 Å². The van der Waals surface area contributed by atoms with Crippen LogP contribution in [0.1, 0.15) is 58.9 Å². The molecule has 1 fully saturated rings. The number of rotatable bonds is 6. The zero-order valence-corrected chi connectivity index (χ0v) is 19.3. The minimum Gasteiger partial charge on any atom is -0.478 e. The number of hydrogen-bond donors (Lipinski definition) is 1. The lowest BCUT2D eigenvalue weighted by Gasteiger charge is -2.31. The molecule has 2 aromatic carbocycles. The molecule has 4 rings (SSSR count). The van der Waals surface area contributed by atoms with Crippen LogP contribution < -0.4 is 4.90 Å². The molecular formula is C25H25BrFN3O2. The van der Waals surface area contributed by atoms with Gasteiger partial charge in [-0.05, 0) is 55.0 Å². The van der Waals surface area contributed by atoms with Gasteiger partial charge in [0.25, 0.3) is 0 Å². The second-order valence-electron chi connectivity index (χ2n) is 8.05. The van der Waals surface area contributed by atoms with Crippen molar-refractivity contribution in [2.24, 2.45) is 0 Å². The first kappa shape index (κ1) is 22.4. The quantitative estimate of drug-likeness (QED) is 0.453. The monoisotopic (exact) mass is 497 g/mol. The van der Waals surface area contributed by atoms with Crippen LogP contribution >= 0.6 is 15.9 Å². The minimum absolute atomic E-state index is 0.0948. The SMILES string of the molecule is O=C(O)c1cnc(N2CCCCCC2c2ccccc2Br)nc1CCc1cccc(F)c1. The first-order valence-electron chi connectivity index (χ1n) is 10.9. The van der Waals surface area contributed by atoms with Gasteiger partial charge >= 0.3 is 5.97 Å². The van der Waals surface area contributed by atoms with Gasteiger partial charge in [0.2, 0.25) is 5.95 Å². The Bertz CT molecular complexity index is 1110. The van der Waals surface area contributed by atoms with Crippen molar-refractivity contribution in [3.8, 4) is 0 Å². The molecule has 1 aliphatic heterocycles. The van der Waals surface area contributed by atoms with Crippen LogP contribution in [-0.2, 0) is 12.8 Å². The summed E-state index contributed by atoms with van der Waals surface area (Å²) in [6, 6.07) is 14.7. The Labute approximate surface area is 195 Å². The molecular weight excluding hydrogens is 473 g/mol. The maximum atomic E-state index is 13.6. The number of benzene rings is 2. The number of hydrogen-bond acceptors (Lipinski definition) is 4. The number of halogens is 2. The summed E-state index contributed by atoms with van der Waals surface area (Å²) < 4.78 is 14.6. The maximum Gasteiger partial charge on any atom is 0.339 e. The maximum absolute atomic E-state index is 13.6. The van der Waals surface area contributed by atoms with Crippen LogP contribution in [0, 0.1) is 5.82 Å². The summed E-state index contributed by atoms with van der Waals surface area (Å²) in [5, 5.41) is 9.66. The smallest absolute Gasteiger partial charge is 0.339 e. The fourth-order valence-electron chi connectivity index (χ4n) is 4.29. The summed E-state index contributed by atoms with van der Waals surface area (Å²) in [6.07, 6.45) is 6.57. The third-order valence-corrected chi connectivity index (χ3v) is 6.62. The summed E-state index contributed by atoms with van der Waals surface area (Å²) in [4.78, 5) is 23.2. The van der Waals surface area contributed by atoms with E-state index in [1.54, 1.807) is 6.07 Å². The van der Waals surface area contributed by atoms with E-state index >= 15 is 0 Å². The molecule has 0 aliphatic carbocycles. The third kappa shape index (κ3) is 5.15. The van der Waals surface area contributed by atoms with E-state index in [-0.39, 0.29) is 17.4 Å². The first-order chi connectivity index (χ1) is 15.5. The van der Waals surface area contributed by atoms with E-state index in [0.717, 1.165) is 42.3 Å². The number of aromatic nitrogens is 2. The number of aryl methyl sites for hydroxylation is 2. The number of carboxylic acids is 1. The van der Waals surface area contributed by atoms with Crippen LogP contribution in [0.2, 0.25) is 0 Å². The molecule has 0 bridgehead atoms. The van der Waals surface area contributed by atoms with Crippen LogP contribution in [0.3, 0.4) is 0 Å². The molecule has 32 heavy (non-hydrogen) atoms. The molecule has 0 amide bonds. The van der Waals surface area contributed by atoms with E-state index in [2.05, 4.69) is 31.9 Å². The fraction of sp³-hybridized carbons (Fsp3) is 0.320. The lowest BCUT2D eigenvalue weighted by Crippen LogP contribution is -2.31. The average Bonchev–Trinajstić information content (AvgIpc) is 3.04. The summed E-state index contributed by atoms with van der Waals surface area (Å²) in [5.41, 5.74) is 2.56. The zero-order valence-electron chi connectivity index (χ0n) is 17.7. The highest BCUT2D eigenvalue weighted by Gasteiger charge is 2.27. The van der Waals surface area contributed by atoms with Gasteiger partial charge in [-0.15, -0.1) is 0 Å². The highest BCUT2D eigenvalue weighted by Crippen LogP contribution is 2.36. The van der Waals surface area contributed by atoms with Gasteiger partial charge in [-0.2, -0.15) is 0 Å². The molecule has 3 aromatic rings.